The minimum absolute atomic E-state index is 0.595. The average Bonchev–Trinajstić information content (AvgIpc) is 2.61. The van der Waals surface area contributed by atoms with Gasteiger partial charge in [-0.25, -0.2) is 4.79 Å². The fourth-order valence-corrected chi connectivity index (χ4v) is 2.36. The fraction of sp³-hybridized carbons (Fsp3) is 0.647. The van der Waals surface area contributed by atoms with E-state index in [1.807, 2.05) is 5.32 Å². The molecule has 0 aromatic heterocycles. The van der Waals surface area contributed by atoms with Crippen LogP contribution in [0.1, 0.15) is 33.6 Å². The summed E-state index contributed by atoms with van der Waals surface area (Å²) in [6.07, 6.45) is -3.08. The van der Waals surface area contributed by atoms with Crippen LogP contribution < -0.4 is 21.7 Å². The summed E-state index contributed by atoms with van der Waals surface area (Å²) in [5, 5.41) is 42.7. The second kappa shape index (κ2) is 12.4. The SMILES string of the molecule is CC(C)C(NC(=O)C(NC(=O)C(N)CC(=O)O)C(C)O)C(=O)NC(CC(=O)O)C(=O)O. The predicted molar refractivity (Wildman–Crippen MR) is 102 cm³/mol. The van der Waals surface area contributed by atoms with Gasteiger partial charge >= 0.3 is 17.9 Å². The number of aliphatic carboxylic acids is 3. The quantitative estimate of drug-likeness (QED) is 0.140. The Morgan fingerprint density at radius 3 is 1.58 bits per heavy atom. The van der Waals surface area contributed by atoms with Gasteiger partial charge in [-0.15, -0.1) is 0 Å². The average molecular weight is 448 g/mol. The molecule has 0 radical (unpaired) electrons. The van der Waals surface area contributed by atoms with Crippen molar-refractivity contribution in [3.05, 3.63) is 0 Å². The number of aliphatic hydroxyl groups is 1. The number of aliphatic hydroxyl groups excluding tert-OH is 1. The molecular formula is C17H28N4O10. The largest absolute Gasteiger partial charge is 0.481 e. The maximum absolute atomic E-state index is 12.5. The first-order valence-electron chi connectivity index (χ1n) is 9.18. The standard InChI is InChI=1S/C17H28N4O10/c1-6(2)12(15(28)19-9(17(30)31)5-11(25)26)20-16(29)13(7(3)22)21-14(27)8(18)4-10(23)24/h6-9,12-13,22H,4-5,18H2,1-3H3,(H,19,28)(H,20,29)(H,21,27)(H,23,24)(H,25,26)(H,30,31). The maximum Gasteiger partial charge on any atom is 0.326 e. The number of carbonyl (C=O) groups is 6. The zero-order chi connectivity index (χ0) is 24.5. The Morgan fingerprint density at radius 2 is 1.19 bits per heavy atom. The first kappa shape index (κ1) is 27.7. The Balaban J connectivity index is 5.38. The van der Waals surface area contributed by atoms with Gasteiger partial charge in [-0.3, -0.25) is 24.0 Å². The van der Waals surface area contributed by atoms with Crippen LogP contribution in [0.2, 0.25) is 0 Å². The molecule has 31 heavy (non-hydrogen) atoms. The molecule has 0 aliphatic heterocycles. The Morgan fingerprint density at radius 1 is 0.742 bits per heavy atom. The zero-order valence-electron chi connectivity index (χ0n) is 17.2. The molecule has 0 fully saturated rings. The third-order valence-corrected chi connectivity index (χ3v) is 4.03. The van der Waals surface area contributed by atoms with Crippen LogP contribution in [-0.4, -0.2) is 86.3 Å². The Labute approximate surface area is 177 Å². The molecule has 0 aromatic rings. The molecule has 5 unspecified atom stereocenters. The Bertz CT molecular complexity index is 709. The van der Waals surface area contributed by atoms with Crippen LogP contribution in [-0.2, 0) is 28.8 Å². The number of amides is 3. The van der Waals surface area contributed by atoms with Crippen molar-refractivity contribution < 1.29 is 49.2 Å². The van der Waals surface area contributed by atoms with E-state index in [9.17, 15) is 33.9 Å². The second-order valence-corrected chi connectivity index (χ2v) is 7.16. The smallest absolute Gasteiger partial charge is 0.326 e. The van der Waals surface area contributed by atoms with Crippen LogP contribution in [0.25, 0.3) is 0 Å². The molecule has 14 heteroatoms. The summed E-state index contributed by atoms with van der Waals surface area (Å²) in [6, 6.07) is -6.18. The van der Waals surface area contributed by atoms with Crippen molar-refractivity contribution in [2.45, 2.75) is 63.9 Å². The highest BCUT2D eigenvalue weighted by Crippen LogP contribution is 2.06. The maximum atomic E-state index is 12.5. The summed E-state index contributed by atoms with van der Waals surface area (Å²) in [4.78, 5) is 69.5. The van der Waals surface area contributed by atoms with Crippen molar-refractivity contribution in [1.29, 1.82) is 0 Å². The zero-order valence-corrected chi connectivity index (χ0v) is 17.2. The van der Waals surface area contributed by atoms with Crippen LogP contribution >= 0.6 is 0 Å². The number of hydrogen-bond donors (Lipinski definition) is 8. The molecule has 0 saturated carbocycles. The molecule has 176 valence electrons. The van der Waals surface area contributed by atoms with Gasteiger partial charge in [-0.2, -0.15) is 0 Å². The topological polar surface area (TPSA) is 245 Å². The summed E-state index contributed by atoms with van der Waals surface area (Å²) >= 11 is 0. The summed E-state index contributed by atoms with van der Waals surface area (Å²) in [7, 11) is 0. The van der Waals surface area contributed by atoms with E-state index in [0.717, 1.165) is 6.92 Å². The highest BCUT2D eigenvalue weighted by molar-refractivity contribution is 5.95. The molecule has 14 nitrogen and oxygen atoms in total. The van der Waals surface area contributed by atoms with Gasteiger partial charge in [0.2, 0.25) is 17.7 Å². The molecule has 0 bridgehead atoms. The van der Waals surface area contributed by atoms with Gasteiger partial charge in [0.25, 0.3) is 0 Å². The number of rotatable bonds is 13. The van der Waals surface area contributed by atoms with E-state index in [-0.39, 0.29) is 0 Å². The highest BCUT2D eigenvalue weighted by atomic mass is 16.4. The second-order valence-electron chi connectivity index (χ2n) is 7.16. The number of carbonyl (C=O) groups excluding carboxylic acids is 3. The lowest BCUT2D eigenvalue weighted by Gasteiger charge is -2.27. The van der Waals surface area contributed by atoms with Crippen molar-refractivity contribution >= 4 is 35.6 Å². The van der Waals surface area contributed by atoms with Crippen molar-refractivity contribution in [2.75, 3.05) is 0 Å². The van der Waals surface area contributed by atoms with E-state index in [2.05, 4.69) is 10.6 Å². The first-order valence-corrected chi connectivity index (χ1v) is 9.18. The minimum atomic E-state index is -1.75. The normalized spacial score (nSPS) is 15.7. The van der Waals surface area contributed by atoms with Gasteiger partial charge in [-0.05, 0) is 12.8 Å². The van der Waals surface area contributed by atoms with Crippen LogP contribution in [0.5, 0.6) is 0 Å². The number of carboxylic acids is 3. The van der Waals surface area contributed by atoms with Crippen LogP contribution in [0, 0.1) is 5.92 Å². The molecule has 0 spiro atoms. The molecule has 0 aliphatic rings. The van der Waals surface area contributed by atoms with E-state index < -0.39 is 84.7 Å². The molecule has 3 amide bonds. The first-order chi connectivity index (χ1) is 14.2. The summed E-state index contributed by atoms with van der Waals surface area (Å²) in [5.74, 6) is -8.05. The van der Waals surface area contributed by atoms with E-state index in [1.165, 1.54) is 13.8 Å². The van der Waals surface area contributed by atoms with Gasteiger partial charge in [0.05, 0.1) is 25.0 Å². The summed E-state index contributed by atoms with van der Waals surface area (Å²) in [6.45, 7) is 4.18. The lowest BCUT2D eigenvalue weighted by atomic mass is 10.0. The summed E-state index contributed by atoms with van der Waals surface area (Å²) in [5.41, 5.74) is 5.41. The van der Waals surface area contributed by atoms with E-state index in [0.29, 0.717) is 0 Å². The predicted octanol–water partition coefficient (Wildman–Crippen LogP) is -3.16. The highest BCUT2D eigenvalue weighted by Gasteiger charge is 2.34. The molecule has 0 aliphatic carbocycles. The van der Waals surface area contributed by atoms with Crippen molar-refractivity contribution in [2.24, 2.45) is 11.7 Å². The molecule has 0 heterocycles. The molecule has 0 aromatic carbocycles. The lowest BCUT2D eigenvalue weighted by Crippen LogP contribution is -2.61. The van der Waals surface area contributed by atoms with Gasteiger partial charge in [-0.1, -0.05) is 13.8 Å². The van der Waals surface area contributed by atoms with Crippen molar-refractivity contribution in [3.8, 4) is 0 Å². The monoisotopic (exact) mass is 448 g/mol. The minimum Gasteiger partial charge on any atom is -0.481 e. The van der Waals surface area contributed by atoms with Gasteiger partial charge in [0.15, 0.2) is 0 Å². The van der Waals surface area contributed by atoms with Gasteiger partial charge in [0, 0.05) is 0 Å². The number of nitrogens with one attached hydrogen (secondary N) is 3. The van der Waals surface area contributed by atoms with Gasteiger partial charge < -0.3 is 42.1 Å². The lowest BCUT2D eigenvalue weighted by molar-refractivity contribution is -0.147. The molecule has 0 saturated heterocycles. The van der Waals surface area contributed by atoms with Gasteiger partial charge in [0.1, 0.15) is 18.1 Å². The molecule has 9 N–H and O–H groups in total. The van der Waals surface area contributed by atoms with Crippen LogP contribution in [0.4, 0.5) is 0 Å². The Kier molecular flexibility index (Phi) is 11.1. The molecule has 0 rings (SSSR count). The van der Waals surface area contributed by atoms with E-state index in [1.54, 1.807) is 0 Å². The molecule has 5 atom stereocenters. The fourth-order valence-electron chi connectivity index (χ4n) is 2.36. The van der Waals surface area contributed by atoms with Crippen LogP contribution in [0.15, 0.2) is 0 Å². The Hall–Kier alpha value is -3.26. The third kappa shape index (κ3) is 9.86. The third-order valence-electron chi connectivity index (χ3n) is 4.03. The number of nitrogens with two attached hydrogens (primary N) is 1. The van der Waals surface area contributed by atoms with Crippen molar-refractivity contribution in [3.63, 3.8) is 0 Å². The summed E-state index contributed by atoms with van der Waals surface area (Å²) < 4.78 is 0. The number of carboxylic acid groups (broad SMARTS) is 3. The molecular weight excluding hydrogens is 420 g/mol. The number of hydrogen-bond acceptors (Lipinski definition) is 8. The van der Waals surface area contributed by atoms with Crippen LogP contribution in [0.3, 0.4) is 0 Å². The van der Waals surface area contributed by atoms with E-state index >= 15 is 0 Å². The van der Waals surface area contributed by atoms with E-state index in [4.69, 9.17) is 21.1 Å². The van der Waals surface area contributed by atoms with Crippen molar-refractivity contribution in [1.82, 2.24) is 16.0 Å².